The predicted molar refractivity (Wildman–Crippen MR) is 65.6 cm³/mol. The molecule has 1 rings (SSSR count). The summed E-state index contributed by atoms with van der Waals surface area (Å²) < 4.78 is 9.80. The number of methoxy groups -OCH3 is 1. The van der Waals surface area contributed by atoms with Gasteiger partial charge in [0.15, 0.2) is 5.75 Å². The number of amides is 1. The van der Waals surface area contributed by atoms with Crippen molar-refractivity contribution in [3.05, 3.63) is 17.7 Å². The summed E-state index contributed by atoms with van der Waals surface area (Å²) in [6, 6.07) is 2.54. The van der Waals surface area contributed by atoms with Gasteiger partial charge in [-0.2, -0.15) is 0 Å². The van der Waals surface area contributed by atoms with Crippen molar-refractivity contribution >= 4 is 23.5 Å². The van der Waals surface area contributed by atoms with Gasteiger partial charge in [-0.05, 0) is 6.07 Å². The zero-order valence-corrected chi connectivity index (χ0v) is 10.6. The number of anilines is 1. The van der Waals surface area contributed by atoms with Gasteiger partial charge in [0.25, 0.3) is 0 Å². The smallest absolute Gasteiger partial charge is 0.338 e. The molecule has 0 aromatic heterocycles. The molecule has 7 heteroatoms. The molecule has 7 nitrogen and oxygen atoms in total. The molecule has 0 heterocycles. The zero-order valence-electron chi connectivity index (χ0n) is 10.6. The van der Waals surface area contributed by atoms with Gasteiger partial charge in [-0.15, -0.1) is 0 Å². The Labute approximate surface area is 109 Å². The Bertz CT molecular complexity index is 537. The Morgan fingerprint density at radius 2 is 1.84 bits per heavy atom. The molecule has 0 aliphatic rings. The van der Waals surface area contributed by atoms with Crippen molar-refractivity contribution in [3.8, 4) is 11.5 Å². The molecule has 0 atom stereocenters. The van der Waals surface area contributed by atoms with Crippen LogP contribution in [-0.2, 0) is 9.59 Å². The molecule has 0 saturated carbocycles. The number of carboxylic acids is 1. The van der Waals surface area contributed by atoms with Crippen molar-refractivity contribution < 1.29 is 29.0 Å². The van der Waals surface area contributed by atoms with E-state index in [2.05, 4.69) is 5.32 Å². The summed E-state index contributed by atoms with van der Waals surface area (Å²) in [5.41, 5.74) is -0.318. The second-order valence-electron chi connectivity index (χ2n) is 3.63. The molecule has 0 aliphatic carbocycles. The Kier molecular flexibility index (Phi) is 4.46. The number of benzene rings is 1. The van der Waals surface area contributed by atoms with E-state index in [4.69, 9.17) is 14.6 Å². The van der Waals surface area contributed by atoms with Crippen LogP contribution < -0.4 is 14.8 Å². The standard InChI is InChI=1S/C12H13NO6/c1-6(14)13-11-9(12(16)17)4-8(18-3)5-10(11)19-7(2)15/h4-5H,1-3H3,(H,13,14)(H,16,17). The van der Waals surface area contributed by atoms with Crippen molar-refractivity contribution in [3.63, 3.8) is 0 Å². The molecule has 0 saturated heterocycles. The maximum atomic E-state index is 11.2. The molecule has 0 spiro atoms. The minimum absolute atomic E-state index is 0.0838. The Balaban J connectivity index is 3.45. The minimum atomic E-state index is -1.28. The van der Waals surface area contributed by atoms with Crippen LogP contribution in [0.15, 0.2) is 12.1 Å². The molecule has 19 heavy (non-hydrogen) atoms. The first-order chi connectivity index (χ1) is 8.85. The highest BCUT2D eigenvalue weighted by Crippen LogP contribution is 2.34. The largest absolute Gasteiger partial charge is 0.497 e. The second kappa shape index (κ2) is 5.85. The summed E-state index contributed by atoms with van der Waals surface area (Å²) in [4.78, 5) is 33.3. The van der Waals surface area contributed by atoms with Crippen LogP contribution in [-0.4, -0.2) is 30.1 Å². The van der Waals surface area contributed by atoms with Gasteiger partial charge in [-0.25, -0.2) is 4.79 Å². The Morgan fingerprint density at radius 1 is 1.21 bits per heavy atom. The molecule has 1 aromatic rings. The normalized spacial score (nSPS) is 9.63. The monoisotopic (exact) mass is 267 g/mol. The maximum Gasteiger partial charge on any atom is 0.338 e. The third-order valence-corrected chi connectivity index (χ3v) is 2.10. The van der Waals surface area contributed by atoms with E-state index in [9.17, 15) is 14.4 Å². The van der Waals surface area contributed by atoms with Gasteiger partial charge in [0.2, 0.25) is 5.91 Å². The van der Waals surface area contributed by atoms with Crippen LogP contribution in [0, 0.1) is 0 Å². The van der Waals surface area contributed by atoms with Crippen LogP contribution in [0.2, 0.25) is 0 Å². The Morgan fingerprint density at radius 3 is 2.26 bits per heavy atom. The summed E-state index contributed by atoms with van der Waals surface area (Å²) in [6.07, 6.45) is 0. The molecule has 2 N–H and O–H groups in total. The van der Waals surface area contributed by atoms with E-state index in [1.165, 1.54) is 26.2 Å². The average Bonchev–Trinajstić information content (AvgIpc) is 2.29. The first-order valence-electron chi connectivity index (χ1n) is 5.26. The number of hydrogen-bond acceptors (Lipinski definition) is 5. The van der Waals surface area contributed by atoms with Crippen molar-refractivity contribution in [1.82, 2.24) is 0 Å². The van der Waals surface area contributed by atoms with Gasteiger partial charge in [0.05, 0.1) is 18.4 Å². The van der Waals surface area contributed by atoms with E-state index in [0.29, 0.717) is 0 Å². The summed E-state index contributed by atoms with van der Waals surface area (Å²) in [6.45, 7) is 2.38. The number of aromatic carboxylic acids is 1. The molecule has 0 fully saturated rings. The van der Waals surface area contributed by atoms with Crippen molar-refractivity contribution in [2.75, 3.05) is 12.4 Å². The lowest BCUT2D eigenvalue weighted by atomic mass is 10.1. The van der Waals surface area contributed by atoms with Crippen LogP contribution in [0.5, 0.6) is 11.5 Å². The van der Waals surface area contributed by atoms with Crippen LogP contribution in [0.1, 0.15) is 24.2 Å². The summed E-state index contributed by atoms with van der Waals surface area (Å²) >= 11 is 0. The fourth-order valence-electron chi connectivity index (χ4n) is 1.42. The van der Waals surface area contributed by atoms with Crippen LogP contribution in [0.3, 0.4) is 0 Å². The fraction of sp³-hybridized carbons (Fsp3) is 0.250. The summed E-state index contributed by atoms with van der Waals surface area (Å²) in [7, 11) is 1.34. The predicted octanol–water partition coefficient (Wildman–Crippen LogP) is 1.28. The van der Waals surface area contributed by atoms with E-state index in [0.717, 1.165) is 6.92 Å². The summed E-state index contributed by atoms with van der Waals surface area (Å²) in [5, 5.41) is 11.4. The van der Waals surface area contributed by atoms with Crippen LogP contribution in [0.25, 0.3) is 0 Å². The quantitative estimate of drug-likeness (QED) is 0.629. The highest BCUT2D eigenvalue weighted by atomic mass is 16.5. The molecular formula is C12H13NO6. The third kappa shape index (κ3) is 3.70. The van der Waals surface area contributed by atoms with Gasteiger partial charge < -0.3 is 19.9 Å². The molecule has 0 bridgehead atoms. The van der Waals surface area contributed by atoms with Gasteiger partial charge in [-0.1, -0.05) is 0 Å². The van der Waals surface area contributed by atoms with Gasteiger partial charge in [-0.3, -0.25) is 9.59 Å². The molecule has 0 radical (unpaired) electrons. The van der Waals surface area contributed by atoms with Crippen molar-refractivity contribution in [2.24, 2.45) is 0 Å². The van der Waals surface area contributed by atoms with E-state index in [1.807, 2.05) is 0 Å². The molecule has 102 valence electrons. The molecule has 1 amide bonds. The minimum Gasteiger partial charge on any atom is -0.497 e. The number of nitrogens with one attached hydrogen (secondary N) is 1. The molecular weight excluding hydrogens is 254 g/mol. The highest BCUT2D eigenvalue weighted by molar-refractivity contribution is 6.02. The third-order valence-electron chi connectivity index (χ3n) is 2.10. The van der Waals surface area contributed by atoms with Gasteiger partial charge in [0.1, 0.15) is 5.75 Å². The van der Waals surface area contributed by atoms with Crippen LogP contribution >= 0.6 is 0 Å². The lowest BCUT2D eigenvalue weighted by Crippen LogP contribution is -2.14. The van der Waals surface area contributed by atoms with Crippen molar-refractivity contribution in [2.45, 2.75) is 13.8 Å². The second-order valence-corrected chi connectivity index (χ2v) is 3.63. The topological polar surface area (TPSA) is 102 Å². The fourth-order valence-corrected chi connectivity index (χ4v) is 1.42. The Hall–Kier alpha value is -2.57. The zero-order chi connectivity index (χ0) is 14.6. The van der Waals surface area contributed by atoms with E-state index in [-0.39, 0.29) is 22.7 Å². The van der Waals surface area contributed by atoms with E-state index < -0.39 is 17.8 Å². The van der Waals surface area contributed by atoms with E-state index >= 15 is 0 Å². The lowest BCUT2D eigenvalue weighted by molar-refractivity contribution is -0.131. The number of carbonyl (C=O) groups is 3. The molecule has 0 aliphatic heterocycles. The molecule has 0 unspecified atom stereocenters. The number of esters is 1. The first kappa shape index (κ1) is 14.5. The van der Waals surface area contributed by atoms with Gasteiger partial charge in [0, 0.05) is 19.9 Å². The number of hydrogen-bond donors (Lipinski definition) is 2. The maximum absolute atomic E-state index is 11.2. The number of ether oxygens (including phenoxy) is 2. The SMILES string of the molecule is COc1cc(OC(C)=O)c(NC(C)=O)c(C(=O)O)c1. The number of carboxylic acid groups (broad SMARTS) is 1. The first-order valence-corrected chi connectivity index (χ1v) is 5.26. The molecule has 1 aromatic carbocycles. The number of carbonyl (C=O) groups excluding carboxylic acids is 2. The van der Waals surface area contributed by atoms with Crippen molar-refractivity contribution in [1.29, 1.82) is 0 Å². The van der Waals surface area contributed by atoms with Gasteiger partial charge >= 0.3 is 11.9 Å². The lowest BCUT2D eigenvalue weighted by Gasteiger charge is -2.14. The number of rotatable bonds is 4. The highest BCUT2D eigenvalue weighted by Gasteiger charge is 2.20. The summed E-state index contributed by atoms with van der Waals surface area (Å²) in [5.74, 6) is -2.30. The van der Waals surface area contributed by atoms with E-state index in [1.54, 1.807) is 0 Å². The average molecular weight is 267 g/mol. The van der Waals surface area contributed by atoms with Crippen LogP contribution in [0.4, 0.5) is 5.69 Å².